The van der Waals surface area contributed by atoms with Crippen molar-refractivity contribution in [2.45, 2.75) is 45.8 Å². The highest BCUT2D eigenvalue weighted by atomic mass is 32.1. The van der Waals surface area contributed by atoms with Crippen molar-refractivity contribution in [1.82, 2.24) is 20.3 Å². The molecule has 0 unspecified atom stereocenters. The normalized spacial score (nSPS) is 13.8. The summed E-state index contributed by atoms with van der Waals surface area (Å²) in [4.78, 5) is 1.35. The summed E-state index contributed by atoms with van der Waals surface area (Å²) in [5, 5.41) is 13.9. The van der Waals surface area contributed by atoms with Gasteiger partial charge in [-0.3, -0.25) is 0 Å². The minimum Gasteiger partial charge on any atom is -0.304 e. The number of aromatic nitrogens is 3. The standard InChI is InChI=1S/C13H20N4S/c1-10(12-6-5-7-18-12)14-8-11-9-17(16-15-11)13(2,3)4/h5-7,9-10,14H,8H2,1-4H3/t10-/m0/s1. The van der Waals surface area contributed by atoms with Crippen LogP contribution in [0, 0.1) is 0 Å². The SMILES string of the molecule is C[C@H](NCc1cn(C(C)(C)C)nn1)c1cccs1. The van der Waals surface area contributed by atoms with Crippen LogP contribution in [0.4, 0.5) is 0 Å². The van der Waals surface area contributed by atoms with E-state index in [2.05, 4.69) is 60.8 Å². The zero-order valence-electron chi connectivity index (χ0n) is 11.3. The number of thiophene rings is 1. The van der Waals surface area contributed by atoms with Gasteiger partial charge in [0, 0.05) is 17.5 Å². The second-order valence-corrected chi connectivity index (χ2v) is 6.42. The van der Waals surface area contributed by atoms with Crippen LogP contribution in [-0.4, -0.2) is 15.0 Å². The van der Waals surface area contributed by atoms with Crippen molar-refractivity contribution in [3.05, 3.63) is 34.3 Å². The van der Waals surface area contributed by atoms with E-state index in [0.29, 0.717) is 6.04 Å². The minimum absolute atomic E-state index is 0.00931. The first-order chi connectivity index (χ1) is 8.47. The van der Waals surface area contributed by atoms with Crippen LogP contribution in [0.15, 0.2) is 23.7 Å². The topological polar surface area (TPSA) is 42.7 Å². The van der Waals surface area contributed by atoms with Gasteiger partial charge in [-0.25, -0.2) is 4.68 Å². The molecular weight excluding hydrogens is 244 g/mol. The molecule has 0 amide bonds. The molecule has 0 fully saturated rings. The Balaban J connectivity index is 1.93. The average molecular weight is 264 g/mol. The fraction of sp³-hybridized carbons (Fsp3) is 0.538. The Bertz CT molecular complexity index is 481. The van der Waals surface area contributed by atoms with E-state index in [0.717, 1.165) is 12.2 Å². The number of nitrogens with one attached hydrogen (secondary N) is 1. The van der Waals surface area contributed by atoms with E-state index in [1.165, 1.54) is 4.88 Å². The van der Waals surface area contributed by atoms with E-state index < -0.39 is 0 Å². The molecule has 0 aliphatic rings. The molecule has 0 radical (unpaired) electrons. The van der Waals surface area contributed by atoms with Crippen molar-refractivity contribution < 1.29 is 0 Å². The highest BCUT2D eigenvalue weighted by molar-refractivity contribution is 7.10. The lowest BCUT2D eigenvalue weighted by atomic mass is 10.1. The molecule has 0 saturated heterocycles. The molecule has 2 heterocycles. The Hall–Kier alpha value is -1.20. The summed E-state index contributed by atoms with van der Waals surface area (Å²) in [6.45, 7) is 9.27. The van der Waals surface area contributed by atoms with Crippen LogP contribution in [0.25, 0.3) is 0 Å². The zero-order valence-corrected chi connectivity index (χ0v) is 12.2. The third kappa shape index (κ3) is 3.17. The molecule has 18 heavy (non-hydrogen) atoms. The molecule has 2 aromatic rings. The molecule has 0 aliphatic heterocycles. The van der Waals surface area contributed by atoms with Gasteiger partial charge in [-0.1, -0.05) is 11.3 Å². The summed E-state index contributed by atoms with van der Waals surface area (Å²) >= 11 is 1.77. The van der Waals surface area contributed by atoms with Crippen molar-refractivity contribution in [3.63, 3.8) is 0 Å². The molecule has 2 aromatic heterocycles. The Labute approximate surface area is 112 Å². The molecule has 0 spiro atoms. The van der Waals surface area contributed by atoms with Crippen LogP contribution in [0.5, 0.6) is 0 Å². The fourth-order valence-electron chi connectivity index (χ4n) is 1.60. The van der Waals surface area contributed by atoms with Crippen LogP contribution in [0.3, 0.4) is 0 Å². The lowest BCUT2D eigenvalue weighted by Crippen LogP contribution is -2.22. The van der Waals surface area contributed by atoms with E-state index in [1.54, 1.807) is 11.3 Å². The van der Waals surface area contributed by atoms with E-state index in [1.807, 2.05) is 10.9 Å². The quantitative estimate of drug-likeness (QED) is 0.923. The predicted octanol–water partition coefficient (Wildman–Crippen LogP) is 2.95. The first kappa shape index (κ1) is 13.2. The Morgan fingerprint density at radius 2 is 2.22 bits per heavy atom. The summed E-state index contributed by atoms with van der Waals surface area (Å²) in [5.74, 6) is 0. The molecule has 5 heteroatoms. The third-order valence-electron chi connectivity index (χ3n) is 2.79. The van der Waals surface area contributed by atoms with Crippen LogP contribution >= 0.6 is 11.3 Å². The lowest BCUT2D eigenvalue weighted by Gasteiger charge is -2.17. The first-order valence-corrected chi connectivity index (χ1v) is 7.03. The average Bonchev–Trinajstić information content (AvgIpc) is 2.96. The molecule has 0 saturated carbocycles. The van der Waals surface area contributed by atoms with Crippen LogP contribution in [0.2, 0.25) is 0 Å². The maximum atomic E-state index is 4.19. The summed E-state index contributed by atoms with van der Waals surface area (Å²) < 4.78 is 1.90. The van der Waals surface area contributed by atoms with E-state index >= 15 is 0 Å². The predicted molar refractivity (Wildman–Crippen MR) is 74.6 cm³/mol. The summed E-state index contributed by atoms with van der Waals surface area (Å²) in [7, 11) is 0. The largest absolute Gasteiger partial charge is 0.304 e. The highest BCUT2D eigenvalue weighted by Gasteiger charge is 2.15. The molecule has 2 rings (SSSR count). The molecule has 4 nitrogen and oxygen atoms in total. The number of rotatable bonds is 4. The Kier molecular flexibility index (Phi) is 3.82. The zero-order chi connectivity index (χ0) is 13.2. The van der Waals surface area contributed by atoms with Gasteiger partial charge in [-0.05, 0) is 39.1 Å². The second-order valence-electron chi connectivity index (χ2n) is 5.44. The Morgan fingerprint density at radius 3 is 2.78 bits per heavy atom. The minimum atomic E-state index is -0.00931. The first-order valence-electron chi connectivity index (χ1n) is 6.15. The molecule has 98 valence electrons. The monoisotopic (exact) mass is 264 g/mol. The second kappa shape index (κ2) is 5.20. The van der Waals surface area contributed by atoms with Gasteiger partial charge in [-0.15, -0.1) is 16.4 Å². The van der Waals surface area contributed by atoms with Gasteiger partial charge in [-0.2, -0.15) is 0 Å². The molecule has 0 bridgehead atoms. The van der Waals surface area contributed by atoms with Crippen molar-refractivity contribution in [2.75, 3.05) is 0 Å². The maximum absolute atomic E-state index is 4.19. The Morgan fingerprint density at radius 1 is 1.44 bits per heavy atom. The molecule has 0 aliphatic carbocycles. The van der Waals surface area contributed by atoms with Crippen LogP contribution in [-0.2, 0) is 12.1 Å². The number of nitrogens with zero attached hydrogens (tertiary/aromatic N) is 3. The van der Waals surface area contributed by atoms with Crippen LogP contribution < -0.4 is 5.32 Å². The van der Waals surface area contributed by atoms with E-state index in [4.69, 9.17) is 0 Å². The number of hydrogen-bond donors (Lipinski definition) is 1. The summed E-state index contributed by atoms with van der Waals surface area (Å²) in [5.41, 5.74) is 0.971. The number of hydrogen-bond acceptors (Lipinski definition) is 4. The smallest absolute Gasteiger partial charge is 0.0965 e. The van der Waals surface area contributed by atoms with E-state index in [-0.39, 0.29) is 5.54 Å². The van der Waals surface area contributed by atoms with Gasteiger partial charge in [0.1, 0.15) is 0 Å². The highest BCUT2D eigenvalue weighted by Crippen LogP contribution is 2.18. The molecule has 1 atom stereocenters. The van der Waals surface area contributed by atoms with Gasteiger partial charge >= 0.3 is 0 Å². The molecule has 1 N–H and O–H groups in total. The fourth-order valence-corrected chi connectivity index (χ4v) is 2.36. The molecular formula is C13H20N4S. The van der Waals surface area contributed by atoms with Crippen molar-refractivity contribution >= 4 is 11.3 Å². The van der Waals surface area contributed by atoms with E-state index in [9.17, 15) is 0 Å². The van der Waals surface area contributed by atoms with Gasteiger partial charge < -0.3 is 5.32 Å². The van der Waals surface area contributed by atoms with Crippen molar-refractivity contribution in [3.8, 4) is 0 Å². The van der Waals surface area contributed by atoms with Gasteiger partial charge in [0.2, 0.25) is 0 Å². The van der Waals surface area contributed by atoms with Crippen molar-refractivity contribution in [1.29, 1.82) is 0 Å². The lowest BCUT2D eigenvalue weighted by molar-refractivity contribution is 0.347. The van der Waals surface area contributed by atoms with Crippen molar-refractivity contribution in [2.24, 2.45) is 0 Å². The van der Waals surface area contributed by atoms with Gasteiger partial charge in [0.05, 0.1) is 17.4 Å². The summed E-state index contributed by atoms with van der Waals surface area (Å²) in [6, 6.07) is 4.58. The maximum Gasteiger partial charge on any atom is 0.0965 e. The van der Waals surface area contributed by atoms with Gasteiger partial charge in [0.15, 0.2) is 0 Å². The van der Waals surface area contributed by atoms with Gasteiger partial charge in [0.25, 0.3) is 0 Å². The third-order valence-corrected chi connectivity index (χ3v) is 3.84. The summed E-state index contributed by atoms with van der Waals surface area (Å²) in [6.07, 6.45) is 2.01. The van der Waals surface area contributed by atoms with Crippen LogP contribution in [0.1, 0.15) is 44.3 Å². The molecule has 0 aromatic carbocycles.